The maximum Gasteiger partial charge on any atom is 0.147 e. The van der Waals surface area contributed by atoms with Crippen LogP contribution < -0.4 is 4.90 Å². The van der Waals surface area contributed by atoms with E-state index in [-0.39, 0.29) is 11.6 Å². The fraction of sp³-hybridized carbons (Fsp3) is 0.308. The maximum atomic E-state index is 13.7. The molecule has 1 aliphatic heterocycles. The number of nitrogens with zero attached hydrogens (tertiary/aromatic N) is 1. The zero-order valence-corrected chi connectivity index (χ0v) is 9.08. The van der Waals surface area contributed by atoms with Crippen LogP contribution in [0.4, 0.5) is 10.1 Å². The van der Waals surface area contributed by atoms with E-state index in [1.807, 2.05) is 11.0 Å². The lowest BCUT2D eigenvalue weighted by molar-refractivity contribution is -0.119. The Morgan fingerprint density at radius 3 is 2.56 bits per heavy atom. The summed E-state index contributed by atoms with van der Waals surface area (Å²) in [6.07, 6.45) is 2.65. The first-order valence-electron chi connectivity index (χ1n) is 5.39. The van der Waals surface area contributed by atoms with E-state index < -0.39 is 0 Å². The lowest BCUT2D eigenvalue weighted by Crippen LogP contribution is -2.34. The molecule has 16 heavy (non-hydrogen) atoms. The number of anilines is 1. The minimum absolute atomic E-state index is 0.244. The summed E-state index contributed by atoms with van der Waals surface area (Å²) >= 11 is 0. The van der Waals surface area contributed by atoms with Crippen LogP contribution in [0.1, 0.15) is 18.4 Å². The summed E-state index contributed by atoms with van der Waals surface area (Å²) in [5, 5.41) is 0. The quantitative estimate of drug-likeness (QED) is 0.762. The van der Waals surface area contributed by atoms with E-state index in [1.165, 1.54) is 6.07 Å². The molecule has 0 saturated carbocycles. The van der Waals surface area contributed by atoms with Gasteiger partial charge >= 0.3 is 0 Å². The van der Waals surface area contributed by atoms with Gasteiger partial charge in [0.25, 0.3) is 0 Å². The predicted octanol–water partition coefficient (Wildman–Crippen LogP) is 2.64. The summed E-state index contributed by atoms with van der Waals surface area (Å²) in [7, 11) is 0. The molecule has 1 heterocycles. The standard InChI is InChI=1S/C13H14FNO/c1-2-10-3-4-13(12(14)9-10)15-7-5-11(16)6-8-15/h2-4,9H,1,5-8H2. The molecular weight excluding hydrogens is 205 g/mol. The van der Waals surface area contributed by atoms with E-state index in [0.29, 0.717) is 31.6 Å². The highest BCUT2D eigenvalue weighted by Crippen LogP contribution is 2.23. The number of Topliss-reactive ketones (excluding diaryl/α,β-unsaturated/α-hetero) is 1. The van der Waals surface area contributed by atoms with Crippen LogP contribution in [0.25, 0.3) is 6.08 Å². The Labute approximate surface area is 94.4 Å². The van der Waals surface area contributed by atoms with Crippen LogP contribution in [0.15, 0.2) is 24.8 Å². The second-order valence-electron chi connectivity index (χ2n) is 3.94. The molecule has 1 aromatic carbocycles. The van der Waals surface area contributed by atoms with Gasteiger partial charge in [0.2, 0.25) is 0 Å². The molecular formula is C13H14FNO. The fourth-order valence-corrected chi connectivity index (χ4v) is 1.90. The molecule has 0 radical (unpaired) electrons. The first-order valence-corrected chi connectivity index (χ1v) is 5.39. The molecule has 0 unspecified atom stereocenters. The molecule has 0 amide bonds. The number of hydrogen-bond donors (Lipinski definition) is 0. The summed E-state index contributed by atoms with van der Waals surface area (Å²) in [6, 6.07) is 5.06. The second kappa shape index (κ2) is 4.47. The molecule has 0 spiro atoms. The van der Waals surface area contributed by atoms with E-state index in [0.717, 1.165) is 5.56 Å². The van der Waals surface area contributed by atoms with Crippen LogP contribution in [0.3, 0.4) is 0 Å². The van der Waals surface area contributed by atoms with Crippen molar-refractivity contribution in [3.63, 3.8) is 0 Å². The van der Waals surface area contributed by atoms with Gasteiger partial charge in [-0.3, -0.25) is 4.79 Å². The van der Waals surface area contributed by atoms with Crippen LogP contribution in [-0.2, 0) is 4.79 Å². The van der Waals surface area contributed by atoms with Crippen molar-refractivity contribution in [3.8, 4) is 0 Å². The SMILES string of the molecule is C=Cc1ccc(N2CCC(=O)CC2)c(F)c1. The van der Waals surface area contributed by atoms with Crippen LogP contribution in [0.5, 0.6) is 0 Å². The van der Waals surface area contributed by atoms with Crippen molar-refractivity contribution < 1.29 is 9.18 Å². The summed E-state index contributed by atoms with van der Waals surface area (Å²) in [5.41, 5.74) is 1.35. The van der Waals surface area contributed by atoms with Crippen LogP contribution in [0.2, 0.25) is 0 Å². The molecule has 1 fully saturated rings. The second-order valence-corrected chi connectivity index (χ2v) is 3.94. The van der Waals surface area contributed by atoms with Gasteiger partial charge in [0.1, 0.15) is 11.6 Å². The van der Waals surface area contributed by atoms with Crippen LogP contribution >= 0.6 is 0 Å². The third kappa shape index (κ3) is 2.13. The zero-order valence-electron chi connectivity index (χ0n) is 9.08. The maximum absolute atomic E-state index is 13.7. The van der Waals surface area contributed by atoms with Gasteiger partial charge in [-0.05, 0) is 17.7 Å². The predicted molar refractivity (Wildman–Crippen MR) is 62.9 cm³/mol. The van der Waals surface area contributed by atoms with Gasteiger partial charge in [-0.15, -0.1) is 0 Å². The van der Waals surface area contributed by atoms with E-state index in [9.17, 15) is 9.18 Å². The van der Waals surface area contributed by atoms with Gasteiger partial charge in [0.05, 0.1) is 5.69 Å². The highest BCUT2D eigenvalue weighted by Gasteiger charge is 2.18. The van der Waals surface area contributed by atoms with Gasteiger partial charge in [0.15, 0.2) is 0 Å². The van der Waals surface area contributed by atoms with Gasteiger partial charge in [-0.2, -0.15) is 0 Å². The van der Waals surface area contributed by atoms with Crippen molar-refractivity contribution in [2.24, 2.45) is 0 Å². The average Bonchev–Trinajstić information content (AvgIpc) is 2.30. The molecule has 3 heteroatoms. The normalized spacial score (nSPS) is 16.3. The van der Waals surface area contributed by atoms with Crippen LogP contribution in [0, 0.1) is 5.82 Å². The Balaban J connectivity index is 2.20. The number of hydrogen-bond acceptors (Lipinski definition) is 2. The smallest absolute Gasteiger partial charge is 0.147 e. The molecule has 84 valence electrons. The fourth-order valence-electron chi connectivity index (χ4n) is 1.90. The van der Waals surface area contributed by atoms with Gasteiger partial charge in [-0.1, -0.05) is 18.7 Å². The Bertz CT molecular complexity index is 418. The molecule has 1 saturated heterocycles. The van der Waals surface area contributed by atoms with Crippen molar-refractivity contribution in [1.29, 1.82) is 0 Å². The van der Waals surface area contributed by atoms with Crippen molar-refractivity contribution in [1.82, 2.24) is 0 Å². The number of ketones is 1. The number of carbonyl (C=O) groups excluding carboxylic acids is 1. The third-order valence-electron chi connectivity index (χ3n) is 2.87. The molecule has 0 atom stereocenters. The van der Waals surface area contributed by atoms with Crippen molar-refractivity contribution >= 4 is 17.5 Å². The Kier molecular flexibility index (Phi) is 3.04. The lowest BCUT2D eigenvalue weighted by Gasteiger charge is -2.28. The summed E-state index contributed by atoms with van der Waals surface area (Å²) in [4.78, 5) is 13.0. The van der Waals surface area contributed by atoms with Gasteiger partial charge in [0, 0.05) is 25.9 Å². The molecule has 0 N–H and O–H groups in total. The molecule has 1 aromatic rings. The summed E-state index contributed by atoms with van der Waals surface area (Å²) < 4.78 is 13.7. The van der Waals surface area contributed by atoms with Crippen LogP contribution in [-0.4, -0.2) is 18.9 Å². The lowest BCUT2D eigenvalue weighted by atomic mass is 10.1. The van der Waals surface area contributed by atoms with E-state index >= 15 is 0 Å². The Morgan fingerprint density at radius 2 is 2.00 bits per heavy atom. The minimum Gasteiger partial charge on any atom is -0.368 e. The molecule has 2 rings (SSSR count). The Morgan fingerprint density at radius 1 is 1.31 bits per heavy atom. The van der Waals surface area contributed by atoms with Crippen molar-refractivity contribution in [2.45, 2.75) is 12.8 Å². The van der Waals surface area contributed by atoms with E-state index in [1.54, 1.807) is 12.1 Å². The highest BCUT2D eigenvalue weighted by atomic mass is 19.1. The Hall–Kier alpha value is -1.64. The summed E-state index contributed by atoms with van der Waals surface area (Å²) in [5.74, 6) is 0.0196. The minimum atomic E-state index is -0.244. The van der Waals surface area contributed by atoms with Gasteiger partial charge in [-0.25, -0.2) is 4.39 Å². The molecule has 0 bridgehead atoms. The highest BCUT2D eigenvalue weighted by molar-refractivity contribution is 5.81. The van der Waals surface area contributed by atoms with E-state index in [2.05, 4.69) is 6.58 Å². The van der Waals surface area contributed by atoms with Crippen molar-refractivity contribution in [3.05, 3.63) is 36.2 Å². The largest absolute Gasteiger partial charge is 0.368 e. The first kappa shape index (κ1) is 10.9. The summed E-state index contributed by atoms with van der Waals surface area (Å²) in [6.45, 7) is 4.83. The van der Waals surface area contributed by atoms with Crippen molar-refractivity contribution in [2.75, 3.05) is 18.0 Å². The number of halogens is 1. The third-order valence-corrected chi connectivity index (χ3v) is 2.87. The monoisotopic (exact) mass is 219 g/mol. The average molecular weight is 219 g/mol. The number of benzene rings is 1. The molecule has 1 aliphatic rings. The van der Waals surface area contributed by atoms with Gasteiger partial charge < -0.3 is 4.90 Å². The van der Waals surface area contributed by atoms with E-state index in [4.69, 9.17) is 0 Å². The molecule has 0 aliphatic carbocycles. The topological polar surface area (TPSA) is 20.3 Å². The first-order chi connectivity index (χ1) is 7.70. The number of carbonyl (C=O) groups is 1. The molecule has 0 aromatic heterocycles. The molecule has 2 nitrogen and oxygen atoms in total. The number of piperidine rings is 1. The zero-order chi connectivity index (χ0) is 11.5. The number of rotatable bonds is 2.